The number of fused-ring (bicyclic) bond motifs is 1. The molecule has 0 saturated heterocycles. The molecule has 0 spiro atoms. The van der Waals surface area contributed by atoms with Crippen molar-refractivity contribution in [3.63, 3.8) is 0 Å². The van der Waals surface area contributed by atoms with E-state index in [0.29, 0.717) is 10.8 Å². The minimum atomic E-state index is -0.531. The van der Waals surface area contributed by atoms with Gasteiger partial charge in [0.1, 0.15) is 5.82 Å². The average Bonchev–Trinajstić information content (AvgIpc) is 2.60. The van der Waals surface area contributed by atoms with Gasteiger partial charge in [0, 0.05) is 5.39 Å². The van der Waals surface area contributed by atoms with Gasteiger partial charge in [0.2, 0.25) is 0 Å². The van der Waals surface area contributed by atoms with E-state index in [-0.39, 0.29) is 11.0 Å². The van der Waals surface area contributed by atoms with Gasteiger partial charge in [-0.3, -0.25) is 0 Å². The van der Waals surface area contributed by atoms with Crippen molar-refractivity contribution in [1.82, 2.24) is 0 Å². The van der Waals surface area contributed by atoms with Gasteiger partial charge >= 0.3 is 5.97 Å². The summed E-state index contributed by atoms with van der Waals surface area (Å²) >= 11 is 0. The van der Waals surface area contributed by atoms with Crippen molar-refractivity contribution in [2.24, 2.45) is 5.41 Å². The fraction of sp³-hybridized carbons (Fsp3) is 0.348. The van der Waals surface area contributed by atoms with Crippen molar-refractivity contribution >= 4 is 22.8 Å². The fourth-order valence-corrected chi connectivity index (χ4v) is 3.86. The lowest BCUT2D eigenvalue weighted by Gasteiger charge is -2.32. The Morgan fingerprint density at radius 2 is 1.96 bits per heavy atom. The second-order valence-corrected chi connectivity index (χ2v) is 7.69. The van der Waals surface area contributed by atoms with Crippen molar-refractivity contribution < 1.29 is 13.9 Å². The average molecular weight is 352 g/mol. The maximum absolute atomic E-state index is 14.5. The van der Waals surface area contributed by atoms with Crippen LogP contribution in [0.2, 0.25) is 0 Å². The van der Waals surface area contributed by atoms with Crippen molar-refractivity contribution in [3.8, 4) is 0 Å². The number of hydrogen-bond acceptors (Lipinski definition) is 2. The highest BCUT2D eigenvalue weighted by Crippen LogP contribution is 2.41. The van der Waals surface area contributed by atoms with Gasteiger partial charge in [0.25, 0.3) is 0 Å². The Morgan fingerprint density at radius 3 is 2.65 bits per heavy atom. The Hall–Kier alpha value is -2.42. The molecule has 0 fully saturated rings. The van der Waals surface area contributed by atoms with Crippen LogP contribution >= 0.6 is 0 Å². The summed E-state index contributed by atoms with van der Waals surface area (Å²) in [5, 5.41) is 1.20. The second kappa shape index (κ2) is 7.06. The molecule has 0 unspecified atom stereocenters. The minimum Gasteiger partial charge on any atom is -0.465 e. The molecule has 0 bridgehead atoms. The van der Waals surface area contributed by atoms with Gasteiger partial charge in [0.05, 0.1) is 12.7 Å². The predicted octanol–water partition coefficient (Wildman–Crippen LogP) is 6.31. The highest BCUT2D eigenvalue weighted by molar-refractivity contribution is 5.96. The third-order valence-electron chi connectivity index (χ3n) is 5.33. The lowest BCUT2D eigenvalue weighted by atomic mass is 9.72. The molecule has 0 radical (unpaired) electrons. The predicted molar refractivity (Wildman–Crippen MR) is 105 cm³/mol. The number of hydrogen-bond donors (Lipinski definition) is 0. The summed E-state index contributed by atoms with van der Waals surface area (Å²) in [7, 11) is 1.29. The highest BCUT2D eigenvalue weighted by atomic mass is 19.1. The number of benzene rings is 2. The monoisotopic (exact) mass is 352 g/mol. The van der Waals surface area contributed by atoms with E-state index in [4.69, 9.17) is 0 Å². The number of ether oxygens (including phenoxy) is 1. The van der Waals surface area contributed by atoms with E-state index in [2.05, 4.69) is 37.7 Å². The largest absolute Gasteiger partial charge is 0.465 e. The molecule has 0 saturated carbocycles. The molecule has 3 heteroatoms. The molecular weight excluding hydrogens is 327 g/mol. The van der Waals surface area contributed by atoms with Crippen LogP contribution in [0.3, 0.4) is 0 Å². The van der Waals surface area contributed by atoms with Crippen LogP contribution in [0.25, 0.3) is 16.8 Å². The van der Waals surface area contributed by atoms with Gasteiger partial charge in [-0.2, -0.15) is 0 Å². The van der Waals surface area contributed by atoms with Crippen LogP contribution < -0.4 is 0 Å². The Bertz CT molecular complexity index is 919. The normalized spacial score (nSPS) is 17.1. The summed E-state index contributed by atoms with van der Waals surface area (Å²) in [5.41, 5.74) is 4.17. The molecule has 136 valence electrons. The summed E-state index contributed by atoms with van der Waals surface area (Å²) in [5.74, 6) is -0.941. The molecule has 0 N–H and O–H groups in total. The third kappa shape index (κ3) is 3.57. The first-order valence-corrected chi connectivity index (χ1v) is 9.02. The van der Waals surface area contributed by atoms with Crippen LogP contribution in [-0.4, -0.2) is 13.1 Å². The Morgan fingerprint density at radius 1 is 1.19 bits per heavy atom. The number of halogens is 1. The molecule has 0 heterocycles. The molecule has 2 aromatic carbocycles. The van der Waals surface area contributed by atoms with Crippen LogP contribution in [0.15, 0.2) is 47.6 Å². The second-order valence-electron chi connectivity index (χ2n) is 7.69. The standard InChI is InChI=1S/C23H25FO2/c1-15-6-5-11-23(2,3)20(15)10-8-16-7-9-17-13-18(22(25)26-4)14-21(24)19(17)12-16/h7-10,12-14H,5-6,11H2,1-4H3/b10-8+. The van der Waals surface area contributed by atoms with Crippen molar-refractivity contribution in [3.05, 3.63) is 64.5 Å². The van der Waals surface area contributed by atoms with E-state index >= 15 is 0 Å². The number of rotatable bonds is 3. The Labute approximate surface area is 154 Å². The first kappa shape index (κ1) is 18.4. The SMILES string of the molecule is COC(=O)c1cc(F)c2cc(/C=C/C3=C(C)CCCC3(C)C)ccc2c1. The van der Waals surface area contributed by atoms with Crippen LogP contribution in [0.4, 0.5) is 4.39 Å². The zero-order valence-electron chi connectivity index (χ0n) is 15.9. The molecule has 0 atom stereocenters. The number of carbonyl (C=O) groups excluding carboxylic acids is 1. The molecule has 26 heavy (non-hydrogen) atoms. The summed E-state index contributed by atoms with van der Waals surface area (Å²) in [6.45, 7) is 6.77. The molecule has 0 amide bonds. The number of carbonyl (C=O) groups is 1. The quantitative estimate of drug-likeness (QED) is 0.605. The summed E-state index contributed by atoms with van der Waals surface area (Å²) in [4.78, 5) is 11.6. The van der Waals surface area contributed by atoms with E-state index < -0.39 is 11.8 Å². The lowest BCUT2D eigenvalue weighted by molar-refractivity contribution is 0.0600. The molecule has 3 rings (SSSR count). The van der Waals surface area contributed by atoms with Gasteiger partial charge in [-0.05, 0) is 66.3 Å². The van der Waals surface area contributed by atoms with Crippen LogP contribution in [-0.2, 0) is 4.74 Å². The molecule has 1 aliphatic carbocycles. The van der Waals surface area contributed by atoms with E-state index in [9.17, 15) is 9.18 Å². The van der Waals surface area contributed by atoms with Crippen molar-refractivity contribution in [2.75, 3.05) is 7.11 Å². The van der Waals surface area contributed by atoms with Crippen molar-refractivity contribution in [2.45, 2.75) is 40.0 Å². The van der Waals surface area contributed by atoms with Crippen LogP contribution in [0.1, 0.15) is 56.0 Å². The van der Waals surface area contributed by atoms with Gasteiger partial charge in [0.15, 0.2) is 0 Å². The lowest BCUT2D eigenvalue weighted by Crippen LogP contribution is -2.18. The zero-order chi connectivity index (χ0) is 18.9. The smallest absolute Gasteiger partial charge is 0.337 e. The van der Waals surface area contributed by atoms with Gasteiger partial charge < -0.3 is 4.74 Å². The van der Waals surface area contributed by atoms with Gasteiger partial charge in [-0.15, -0.1) is 0 Å². The van der Waals surface area contributed by atoms with Gasteiger partial charge in [-0.1, -0.05) is 43.7 Å². The molecule has 1 aliphatic rings. The molecule has 0 aromatic heterocycles. The maximum Gasteiger partial charge on any atom is 0.337 e. The van der Waals surface area contributed by atoms with E-state index in [1.807, 2.05) is 18.2 Å². The van der Waals surface area contributed by atoms with E-state index in [0.717, 1.165) is 12.0 Å². The number of esters is 1. The molecule has 2 aromatic rings. The first-order chi connectivity index (χ1) is 12.3. The minimum absolute atomic E-state index is 0.177. The summed E-state index contributed by atoms with van der Waals surface area (Å²) < 4.78 is 19.1. The first-order valence-electron chi connectivity index (χ1n) is 9.02. The fourth-order valence-electron chi connectivity index (χ4n) is 3.86. The van der Waals surface area contributed by atoms with E-state index in [1.165, 1.54) is 37.2 Å². The van der Waals surface area contributed by atoms with Gasteiger partial charge in [-0.25, -0.2) is 9.18 Å². The molecular formula is C23H25FO2. The third-order valence-corrected chi connectivity index (χ3v) is 5.33. The van der Waals surface area contributed by atoms with E-state index in [1.54, 1.807) is 6.07 Å². The highest BCUT2D eigenvalue weighted by Gasteiger charge is 2.26. The molecule has 0 aliphatic heterocycles. The summed E-state index contributed by atoms with van der Waals surface area (Å²) in [6.07, 6.45) is 7.80. The topological polar surface area (TPSA) is 26.3 Å². The maximum atomic E-state index is 14.5. The van der Waals surface area contributed by atoms with Crippen LogP contribution in [0.5, 0.6) is 0 Å². The van der Waals surface area contributed by atoms with Crippen molar-refractivity contribution in [1.29, 1.82) is 0 Å². The molecule has 2 nitrogen and oxygen atoms in total. The number of methoxy groups -OCH3 is 1. The zero-order valence-corrected chi connectivity index (χ0v) is 15.9. The summed E-state index contributed by atoms with van der Waals surface area (Å²) in [6, 6.07) is 8.52. The Kier molecular flexibility index (Phi) is 4.99. The number of allylic oxidation sites excluding steroid dienone is 3. The Balaban J connectivity index is 1.97. The van der Waals surface area contributed by atoms with Crippen LogP contribution in [0, 0.1) is 11.2 Å².